The van der Waals surface area contributed by atoms with E-state index < -0.39 is 0 Å². The minimum Gasteiger partial charge on any atom is -0.356 e. The fourth-order valence-corrected chi connectivity index (χ4v) is 7.96. The Morgan fingerprint density at radius 2 is 1.56 bits per heavy atom. The first kappa shape index (κ1) is 22.6. The lowest BCUT2D eigenvalue weighted by Crippen LogP contribution is -2.47. The summed E-state index contributed by atoms with van der Waals surface area (Å²) in [5.74, 6) is 0.831. The lowest BCUT2D eigenvalue weighted by molar-refractivity contribution is -0.137. The molecule has 1 spiro atoms. The number of nitrogens with zero attached hydrogens (tertiary/aromatic N) is 1. The molecule has 5 fully saturated rings. The van der Waals surface area contributed by atoms with Gasteiger partial charge in [0.2, 0.25) is 11.8 Å². The summed E-state index contributed by atoms with van der Waals surface area (Å²) < 4.78 is 0. The third-order valence-electron chi connectivity index (χ3n) is 10.1. The number of hydrogen-bond donors (Lipinski definition) is 2. The molecule has 2 amide bonds. The zero-order valence-electron chi connectivity index (χ0n) is 20.8. The van der Waals surface area contributed by atoms with Crippen LogP contribution in [0, 0.1) is 36.0 Å². The van der Waals surface area contributed by atoms with Crippen LogP contribution in [-0.2, 0) is 15.1 Å². The van der Waals surface area contributed by atoms with Gasteiger partial charge in [0.05, 0.1) is 17.4 Å². The Morgan fingerprint density at radius 1 is 0.912 bits per heavy atom. The average molecular weight is 464 g/mol. The molecule has 184 valence electrons. The number of nitrogens with one attached hydrogen (secondary N) is 2. The van der Waals surface area contributed by atoms with Gasteiger partial charge in [0, 0.05) is 6.54 Å². The van der Waals surface area contributed by atoms with Crippen molar-refractivity contribution in [1.82, 2.24) is 15.5 Å². The zero-order chi connectivity index (χ0) is 23.3. The monoisotopic (exact) mass is 463 g/mol. The Kier molecular flexibility index (Phi) is 5.75. The summed E-state index contributed by atoms with van der Waals surface area (Å²) in [5.41, 5.74) is 2.54. The number of carbonyl (C=O) groups excluding carboxylic acids is 2. The van der Waals surface area contributed by atoms with Crippen LogP contribution in [0.15, 0.2) is 24.3 Å². The number of amides is 2. The normalized spacial score (nSPS) is 32.1. The molecule has 1 saturated heterocycles. The standard InChI is InChI=1S/C29H41N3O2/c1-20-6-8-21(9-7-20)29(14-15-29)31-27(34)25-23-11-10-22(28(23)12-13-28)24(25)26(33)30-16-2-3-17-32-18-4-5-19-32/h6-9,22-25H,2-5,10-19H2,1H3,(H,30,33)(H,31,34)/t22-,23-,24+,25+/m0/s1. The first-order chi connectivity index (χ1) is 16.5. The van der Waals surface area contributed by atoms with Gasteiger partial charge >= 0.3 is 0 Å². The highest BCUT2D eigenvalue weighted by Gasteiger charge is 2.71. The summed E-state index contributed by atoms with van der Waals surface area (Å²) in [7, 11) is 0. The highest BCUT2D eigenvalue weighted by molar-refractivity contribution is 5.90. The number of unbranched alkanes of at least 4 members (excludes halogenated alkanes) is 1. The molecule has 5 aliphatic rings. The number of rotatable bonds is 9. The van der Waals surface area contributed by atoms with E-state index in [4.69, 9.17) is 0 Å². The van der Waals surface area contributed by atoms with Crippen molar-refractivity contribution in [3.8, 4) is 0 Å². The van der Waals surface area contributed by atoms with Gasteiger partial charge in [0.15, 0.2) is 0 Å². The van der Waals surface area contributed by atoms with Crippen LogP contribution >= 0.6 is 0 Å². The van der Waals surface area contributed by atoms with Crippen molar-refractivity contribution in [1.29, 1.82) is 0 Å². The van der Waals surface area contributed by atoms with Gasteiger partial charge in [0.1, 0.15) is 0 Å². The van der Waals surface area contributed by atoms with E-state index in [-0.39, 0.29) is 29.2 Å². The van der Waals surface area contributed by atoms with E-state index in [1.165, 1.54) is 49.9 Å². The predicted octanol–water partition coefficient (Wildman–Crippen LogP) is 4.14. The predicted molar refractivity (Wildman–Crippen MR) is 133 cm³/mol. The van der Waals surface area contributed by atoms with Crippen molar-refractivity contribution in [2.75, 3.05) is 26.2 Å². The summed E-state index contributed by atoms with van der Waals surface area (Å²) in [4.78, 5) is 29.8. The third kappa shape index (κ3) is 3.88. The van der Waals surface area contributed by atoms with Gasteiger partial charge in [-0.25, -0.2) is 0 Å². The van der Waals surface area contributed by atoms with Crippen molar-refractivity contribution in [2.45, 2.75) is 76.7 Å². The van der Waals surface area contributed by atoms with Gasteiger partial charge in [0.25, 0.3) is 0 Å². The maximum absolute atomic E-state index is 13.8. The molecule has 5 heteroatoms. The largest absolute Gasteiger partial charge is 0.356 e. The van der Waals surface area contributed by atoms with Crippen molar-refractivity contribution in [3.63, 3.8) is 0 Å². The van der Waals surface area contributed by atoms with Crippen molar-refractivity contribution < 1.29 is 9.59 Å². The number of hydrogen-bond acceptors (Lipinski definition) is 3. The smallest absolute Gasteiger partial charge is 0.224 e. The van der Waals surface area contributed by atoms with E-state index in [1.54, 1.807) is 0 Å². The minimum absolute atomic E-state index is 0.131. The Bertz CT molecular complexity index is 927. The van der Waals surface area contributed by atoms with Gasteiger partial charge in [-0.15, -0.1) is 0 Å². The van der Waals surface area contributed by atoms with E-state index in [0.717, 1.165) is 51.6 Å². The second kappa shape index (κ2) is 8.65. The lowest BCUT2D eigenvalue weighted by atomic mass is 9.78. The van der Waals surface area contributed by atoms with Crippen molar-refractivity contribution >= 4 is 11.8 Å². The van der Waals surface area contributed by atoms with Crippen molar-refractivity contribution in [3.05, 3.63) is 35.4 Å². The fraction of sp³-hybridized carbons (Fsp3) is 0.724. The molecule has 4 atom stereocenters. The molecule has 6 rings (SSSR count). The Morgan fingerprint density at radius 3 is 2.18 bits per heavy atom. The first-order valence-electron chi connectivity index (χ1n) is 13.9. The molecule has 1 aliphatic heterocycles. The molecule has 2 N–H and O–H groups in total. The van der Waals surface area contributed by atoms with Crippen LogP contribution in [-0.4, -0.2) is 42.9 Å². The van der Waals surface area contributed by atoms with Crippen LogP contribution in [0.2, 0.25) is 0 Å². The molecule has 1 aromatic rings. The Labute approximate surface area is 204 Å². The number of benzene rings is 1. The number of carbonyl (C=O) groups is 2. The Balaban J connectivity index is 1.10. The van der Waals surface area contributed by atoms with E-state index >= 15 is 0 Å². The minimum atomic E-state index is -0.208. The van der Waals surface area contributed by atoms with Gasteiger partial charge in [-0.3, -0.25) is 9.59 Å². The second-order valence-corrected chi connectivity index (χ2v) is 12.1. The van der Waals surface area contributed by atoms with Gasteiger partial charge in [-0.05, 0) is 114 Å². The summed E-state index contributed by atoms with van der Waals surface area (Å²) >= 11 is 0. The van der Waals surface area contributed by atoms with Crippen molar-refractivity contribution in [2.24, 2.45) is 29.1 Å². The zero-order valence-corrected chi connectivity index (χ0v) is 20.8. The number of likely N-dealkylation sites (tertiary alicyclic amines) is 1. The highest BCUT2D eigenvalue weighted by atomic mass is 16.2. The maximum Gasteiger partial charge on any atom is 0.224 e. The molecule has 0 unspecified atom stereocenters. The first-order valence-corrected chi connectivity index (χ1v) is 13.9. The molecule has 5 nitrogen and oxygen atoms in total. The molecule has 0 radical (unpaired) electrons. The van der Waals surface area contributed by atoms with Crippen LogP contribution in [0.1, 0.15) is 75.3 Å². The summed E-state index contributed by atoms with van der Waals surface area (Å²) in [6.45, 7) is 6.47. The van der Waals surface area contributed by atoms with Crippen LogP contribution in [0.25, 0.3) is 0 Å². The summed E-state index contributed by atoms with van der Waals surface area (Å²) in [5, 5.41) is 6.73. The van der Waals surface area contributed by atoms with Crippen LogP contribution < -0.4 is 10.6 Å². The van der Waals surface area contributed by atoms with Gasteiger partial charge < -0.3 is 15.5 Å². The van der Waals surface area contributed by atoms with E-state index in [1.807, 2.05) is 0 Å². The molecule has 4 saturated carbocycles. The molecular weight excluding hydrogens is 422 g/mol. The SMILES string of the molecule is Cc1ccc(C2(NC(=O)[C@H]3[C@H](C(=O)NCCCCN4CCCC4)[C@@H]4CC[C@@H]3C43CC3)CC2)cc1. The van der Waals surface area contributed by atoms with E-state index in [2.05, 4.69) is 46.7 Å². The van der Waals surface area contributed by atoms with Crippen LogP contribution in [0.5, 0.6) is 0 Å². The highest BCUT2D eigenvalue weighted by Crippen LogP contribution is 2.74. The molecular formula is C29H41N3O2. The average Bonchev–Trinajstić information content (AvgIpc) is 3.68. The molecule has 34 heavy (non-hydrogen) atoms. The van der Waals surface area contributed by atoms with Gasteiger partial charge in [-0.1, -0.05) is 29.8 Å². The molecule has 4 aliphatic carbocycles. The van der Waals surface area contributed by atoms with Gasteiger partial charge in [-0.2, -0.15) is 0 Å². The third-order valence-corrected chi connectivity index (χ3v) is 10.1. The van der Waals surface area contributed by atoms with E-state index in [9.17, 15) is 9.59 Å². The topological polar surface area (TPSA) is 61.4 Å². The molecule has 1 heterocycles. The van der Waals surface area contributed by atoms with E-state index in [0.29, 0.717) is 17.3 Å². The lowest BCUT2D eigenvalue weighted by Gasteiger charge is -2.31. The maximum atomic E-state index is 13.8. The number of aryl methyl sites for hydroxylation is 1. The second-order valence-electron chi connectivity index (χ2n) is 12.1. The molecule has 1 aromatic carbocycles. The quantitative estimate of drug-likeness (QED) is 0.541. The summed E-state index contributed by atoms with van der Waals surface area (Å²) in [6, 6.07) is 8.60. The molecule has 2 bridgehead atoms. The van der Waals surface area contributed by atoms with Crippen LogP contribution in [0.3, 0.4) is 0 Å². The molecule has 0 aromatic heterocycles. The fourth-order valence-electron chi connectivity index (χ4n) is 7.96. The van der Waals surface area contributed by atoms with Crippen LogP contribution in [0.4, 0.5) is 0 Å². The Hall–Kier alpha value is -1.88. The summed E-state index contributed by atoms with van der Waals surface area (Å²) in [6.07, 6.45) is 11.5.